The van der Waals surface area contributed by atoms with E-state index in [1.54, 1.807) is 16.5 Å². The molecule has 4 rings (SSSR count). The van der Waals surface area contributed by atoms with Crippen molar-refractivity contribution in [1.29, 1.82) is 0 Å². The van der Waals surface area contributed by atoms with Gasteiger partial charge in [0.1, 0.15) is 0 Å². The van der Waals surface area contributed by atoms with Gasteiger partial charge in [-0.15, -0.1) is 5.10 Å². The van der Waals surface area contributed by atoms with Gasteiger partial charge < -0.3 is 19.0 Å². The fraction of sp³-hybridized carbons (Fsp3) is 0.579. The highest BCUT2D eigenvalue weighted by molar-refractivity contribution is 5.79. The molecule has 15 heteroatoms. The van der Waals surface area contributed by atoms with Crippen molar-refractivity contribution in [2.24, 2.45) is 0 Å². The van der Waals surface area contributed by atoms with Crippen molar-refractivity contribution in [3.8, 4) is 0 Å². The van der Waals surface area contributed by atoms with E-state index in [-0.39, 0.29) is 56.2 Å². The summed E-state index contributed by atoms with van der Waals surface area (Å²) < 4.78 is 49.9. The maximum atomic E-state index is 12.6. The summed E-state index contributed by atoms with van der Waals surface area (Å²) in [5.41, 5.74) is 0.893. The minimum Gasteiger partial charge on any atom is -0.399 e. The number of carbonyl (C=O) groups excluding carboxylic acids is 1. The number of hydrogen-bond acceptors (Lipinski definition) is 9. The van der Waals surface area contributed by atoms with Crippen molar-refractivity contribution in [1.82, 2.24) is 35.1 Å². The van der Waals surface area contributed by atoms with Gasteiger partial charge in [-0.05, 0) is 13.8 Å². The highest BCUT2D eigenvalue weighted by Crippen LogP contribution is 2.30. The van der Waals surface area contributed by atoms with Crippen LogP contribution >= 0.6 is 0 Å². The predicted molar refractivity (Wildman–Crippen MR) is 111 cm³/mol. The Morgan fingerprint density at radius 2 is 2.00 bits per heavy atom. The Morgan fingerprint density at radius 1 is 1.26 bits per heavy atom. The molecule has 1 aliphatic heterocycles. The lowest BCUT2D eigenvalue weighted by atomic mass is 10.3. The molecule has 1 saturated heterocycles. The predicted octanol–water partition coefficient (Wildman–Crippen LogP) is 1.15. The number of fused-ring (bicyclic) bond motifs is 1. The molecule has 3 aromatic heterocycles. The number of H-pyrrole nitrogens is 1. The Bertz CT molecular complexity index is 1210. The van der Waals surface area contributed by atoms with Crippen LogP contribution in [0.25, 0.3) is 10.9 Å². The topological polar surface area (TPSA) is 135 Å². The number of aromatic amines is 1. The zero-order valence-corrected chi connectivity index (χ0v) is 18.5. The average Bonchev–Trinajstić information content (AvgIpc) is 3.43. The molecule has 3 aromatic rings. The first-order valence-electron chi connectivity index (χ1n) is 10.6. The number of nitrogens with one attached hydrogen (secondary N) is 1. The Labute approximate surface area is 190 Å². The molecular weight excluding hydrogens is 461 g/mol. The molecule has 0 spiro atoms. The maximum absolute atomic E-state index is 12.6. The van der Waals surface area contributed by atoms with E-state index in [1.807, 2.05) is 6.92 Å². The number of alkyl halides is 3. The largest absolute Gasteiger partial charge is 0.470 e. The zero-order chi connectivity index (χ0) is 24.5. The van der Waals surface area contributed by atoms with Gasteiger partial charge in [0.15, 0.2) is 0 Å². The van der Waals surface area contributed by atoms with Crippen LogP contribution in [0.4, 0.5) is 19.2 Å². The van der Waals surface area contributed by atoms with Crippen LogP contribution in [0.15, 0.2) is 15.4 Å². The van der Waals surface area contributed by atoms with Gasteiger partial charge in [0.05, 0.1) is 48.5 Å². The van der Waals surface area contributed by atoms with Crippen LogP contribution < -0.4 is 10.5 Å². The van der Waals surface area contributed by atoms with Crippen LogP contribution in [0.2, 0.25) is 0 Å². The number of aromatic nitrogens is 6. The molecule has 1 N–H and O–H groups in total. The van der Waals surface area contributed by atoms with Crippen molar-refractivity contribution in [2.75, 3.05) is 44.3 Å². The monoisotopic (exact) mass is 484 g/mol. The van der Waals surface area contributed by atoms with E-state index in [1.165, 1.54) is 11.1 Å². The van der Waals surface area contributed by atoms with E-state index in [2.05, 4.69) is 29.9 Å². The fourth-order valence-electron chi connectivity index (χ4n) is 3.76. The minimum atomic E-state index is -4.70. The van der Waals surface area contributed by atoms with Gasteiger partial charge in [-0.3, -0.25) is 14.3 Å². The van der Waals surface area contributed by atoms with Crippen LogP contribution in [-0.4, -0.2) is 80.4 Å². The first kappa shape index (κ1) is 23.7. The van der Waals surface area contributed by atoms with Crippen molar-refractivity contribution in [3.63, 3.8) is 0 Å². The van der Waals surface area contributed by atoms with Crippen molar-refractivity contribution in [3.05, 3.63) is 28.1 Å². The van der Waals surface area contributed by atoms with Gasteiger partial charge in [-0.2, -0.15) is 23.4 Å². The summed E-state index contributed by atoms with van der Waals surface area (Å²) in [7, 11) is 0. The van der Waals surface area contributed by atoms with Gasteiger partial charge in [0.25, 0.3) is 5.56 Å². The van der Waals surface area contributed by atoms with Crippen molar-refractivity contribution >= 4 is 22.8 Å². The molecule has 184 valence electrons. The van der Waals surface area contributed by atoms with Gasteiger partial charge in [-0.25, -0.2) is 5.10 Å². The average molecular weight is 484 g/mol. The SMILES string of the molecule is Cc1nn(C(C)COCCC(=O)N2CCN(c3nnc(C(F)(F)F)o3)CC2)c2cn[nH]c(=O)c12. The second kappa shape index (κ2) is 9.40. The maximum Gasteiger partial charge on any atom is 0.470 e. The number of amides is 1. The molecule has 0 bridgehead atoms. The van der Waals surface area contributed by atoms with E-state index >= 15 is 0 Å². The summed E-state index contributed by atoms with van der Waals surface area (Å²) in [6.45, 7) is 5.30. The number of rotatable bonds is 7. The zero-order valence-electron chi connectivity index (χ0n) is 18.5. The van der Waals surface area contributed by atoms with E-state index in [9.17, 15) is 22.8 Å². The Balaban J connectivity index is 1.22. The molecule has 4 heterocycles. The normalized spacial score (nSPS) is 15.8. The van der Waals surface area contributed by atoms with Crippen LogP contribution in [-0.2, 0) is 15.7 Å². The quantitative estimate of drug-likeness (QED) is 0.490. The van der Waals surface area contributed by atoms with E-state index in [0.29, 0.717) is 29.7 Å². The van der Waals surface area contributed by atoms with E-state index in [4.69, 9.17) is 4.74 Å². The molecule has 0 aromatic carbocycles. The number of piperazine rings is 1. The third-order valence-corrected chi connectivity index (χ3v) is 5.50. The molecule has 1 amide bonds. The first-order chi connectivity index (χ1) is 16.1. The Kier molecular flexibility index (Phi) is 6.54. The van der Waals surface area contributed by atoms with E-state index in [0.717, 1.165) is 0 Å². The number of hydrogen-bond donors (Lipinski definition) is 1. The smallest absolute Gasteiger partial charge is 0.399 e. The number of halogens is 3. The molecule has 12 nitrogen and oxygen atoms in total. The lowest BCUT2D eigenvalue weighted by Crippen LogP contribution is -2.49. The first-order valence-corrected chi connectivity index (χ1v) is 10.6. The Hall–Kier alpha value is -3.49. The summed E-state index contributed by atoms with van der Waals surface area (Å²) in [6, 6.07) is -0.398. The molecule has 1 aliphatic rings. The van der Waals surface area contributed by atoms with Gasteiger partial charge in [0.2, 0.25) is 5.91 Å². The molecule has 0 saturated carbocycles. The highest BCUT2D eigenvalue weighted by Gasteiger charge is 2.39. The summed E-state index contributed by atoms with van der Waals surface area (Å²) in [4.78, 5) is 27.6. The summed E-state index contributed by atoms with van der Waals surface area (Å²) in [5.74, 6) is -1.52. The van der Waals surface area contributed by atoms with E-state index < -0.39 is 12.1 Å². The van der Waals surface area contributed by atoms with Crippen LogP contribution in [0, 0.1) is 6.92 Å². The lowest BCUT2D eigenvalue weighted by Gasteiger charge is -2.33. The highest BCUT2D eigenvalue weighted by atomic mass is 19.4. The molecule has 1 unspecified atom stereocenters. The Morgan fingerprint density at radius 3 is 2.68 bits per heavy atom. The second-order valence-corrected chi connectivity index (χ2v) is 7.92. The van der Waals surface area contributed by atoms with Crippen LogP contribution in [0.5, 0.6) is 0 Å². The van der Waals surface area contributed by atoms with Crippen LogP contribution in [0.3, 0.4) is 0 Å². The molecular formula is C19H23F3N8O4. The number of carbonyl (C=O) groups is 1. The molecule has 0 radical (unpaired) electrons. The van der Waals surface area contributed by atoms with Crippen molar-refractivity contribution in [2.45, 2.75) is 32.5 Å². The summed E-state index contributed by atoms with van der Waals surface area (Å²) >= 11 is 0. The fourth-order valence-corrected chi connectivity index (χ4v) is 3.76. The molecule has 1 atom stereocenters. The number of aryl methyl sites for hydroxylation is 1. The van der Waals surface area contributed by atoms with Gasteiger partial charge in [-0.1, -0.05) is 5.10 Å². The van der Waals surface area contributed by atoms with Gasteiger partial charge in [0, 0.05) is 26.2 Å². The number of ether oxygens (including phenoxy) is 1. The third kappa shape index (κ3) is 4.88. The number of anilines is 1. The van der Waals surface area contributed by atoms with Crippen LogP contribution in [0.1, 0.15) is 31.0 Å². The minimum absolute atomic E-state index is 0.120. The van der Waals surface area contributed by atoms with Gasteiger partial charge >= 0.3 is 18.1 Å². The third-order valence-electron chi connectivity index (χ3n) is 5.50. The molecule has 1 fully saturated rings. The second-order valence-electron chi connectivity index (χ2n) is 7.92. The molecule has 0 aliphatic carbocycles. The lowest BCUT2D eigenvalue weighted by molar-refractivity contribution is -0.157. The summed E-state index contributed by atoms with van der Waals surface area (Å²) in [5, 5.41) is 17.5. The summed E-state index contributed by atoms with van der Waals surface area (Å²) in [6.07, 6.45) is -3.00. The standard InChI is InChI=1S/C19H23F3N8O4/c1-11(30-13-9-23-24-16(32)15(13)12(2)27-30)10-33-8-3-14(31)28-4-6-29(7-5-28)18-26-25-17(34-18)19(20,21)22/h9,11H,3-8,10H2,1-2H3,(H,24,32). The molecule has 34 heavy (non-hydrogen) atoms. The van der Waals surface area contributed by atoms with Crippen molar-refractivity contribution < 1.29 is 27.1 Å². The number of nitrogens with zero attached hydrogens (tertiary/aromatic N) is 7.